The molecule has 0 amide bonds. The largest absolute Gasteiger partial charge is 0.376 e. The molecule has 21 heavy (non-hydrogen) atoms. The van der Waals surface area contributed by atoms with Crippen LogP contribution in [-0.4, -0.2) is 12.2 Å². The average Bonchev–Trinajstić information content (AvgIpc) is 2.54. The van der Waals surface area contributed by atoms with Gasteiger partial charge >= 0.3 is 0 Å². The Balaban J connectivity index is 1.94. The van der Waals surface area contributed by atoms with Crippen LogP contribution in [-0.2, 0) is 9.53 Å². The summed E-state index contributed by atoms with van der Waals surface area (Å²) in [5.41, 5.74) is 2.21. The van der Waals surface area contributed by atoms with Gasteiger partial charge in [-0.2, -0.15) is 0 Å². The maximum absolute atomic E-state index is 12.3. The van der Waals surface area contributed by atoms with E-state index < -0.39 is 0 Å². The summed E-state index contributed by atoms with van der Waals surface area (Å²) in [7, 11) is 1.65. The van der Waals surface area contributed by atoms with Gasteiger partial charge in [0, 0.05) is 18.8 Å². The number of rotatable bonds is 6. The molecular weight excluding hydrogens is 280 g/mol. The van der Waals surface area contributed by atoms with Crippen LogP contribution in [0, 0.1) is 0 Å². The molecule has 0 N–H and O–H groups in total. The van der Waals surface area contributed by atoms with Crippen molar-refractivity contribution in [1.82, 2.24) is 0 Å². The maximum Gasteiger partial charge on any atom is 0.192 e. The van der Waals surface area contributed by atoms with Gasteiger partial charge in [-0.05, 0) is 18.1 Å². The van der Waals surface area contributed by atoms with E-state index in [1.54, 1.807) is 7.11 Å². The van der Waals surface area contributed by atoms with Crippen LogP contribution in [0.4, 0.5) is 0 Å². The van der Waals surface area contributed by atoms with Gasteiger partial charge in [0.25, 0.3) is 0 Å². The van der Waals surface area contributed by atoms with Crippen LogP contribution in [0.25, 0.3) is 0 Å². The van der Waals surface area contributed by atoms with Gasteiger partial charge in [0.1, 0.15) is 0 Å². The number of ether oxygens (including phenoxy) is 1. The maximum atomic E-state index is 12.3. The molecule has 0 heterocycles. The lowest BCUT2D eigenvalue weighted by molar-refractivity contribution is -0.113. The van der Waals surface area contributed by atoms with E-state index in [0.717, 1.165) is 5.56 Å². The van der Waals surface area contributed by atoms with Crippen molar-refractivity contribution in [3.8, 4) is 0 Å². The van der Waals surface area contributed by atoms with Gasteiger partial charge in [0.15, 0.2) is 5.12 Å². The van der Waals surface area contributed by atoms with Gasteiger partial charge < -0.3 is 4.74 Å². The van der Waals surface area contributed by atoms with Crippen molar-refractivity contribution in [3.63, 3.8) is 0 Å². The zero-order chi connectivity index (χ0) is 15.1. The fourth-order valence-corrected chi connectivity index (χ4v) is 3.13. The molecule has 0 fully saturated rings. The molecule has 2 nitrogen and oxygen atoms in total. The molecule has 110 valence electrons. The van der Waals surface area contributed by atoms with E-state index in [2.05, 4.69) is 19.1 Å². The van der Waals surface area contributed by atoms with Crippen LogP contribution in [0.1, 0.15) is 35.8 Å². The summed E-state index contributed by atoms with van der Waals surface area (Å²) < 4.78 is 5.46. The minimum atomic E-state index is -0.172. The molecular formula is C18H20O2S. The van der Waals surface area contributed by atoms with Crippen molar-refractivity contribution < 1.29 is 9.53 Å². The minimum absolute atomic E-state index is 0.155. The third-order valence-corrected chi connectivity index (χ3v) is 4.44. The first-order valence-corrected chi connectivity index (χ1v) is 7.91. The lowest BCUT2D eigenvalue weighted by Gasteiger charge is -2.16. The number of carbonyl (C=O) groups is 1. The van der Waals surface area contributed by atoms with E-state index >= 15 is 0 Å². The highest BCUT2D eigenvalue weighted by Crippen LogP contribution is 2.32. The molecule has 3 heteroatoms. The first-order chi connectivity index (χ1) is 10.2. The van der Waals surface area contributed by atoms with Crippen LogP contribution in [0.2, 0.25) is 0 Å². The number of hydrogen-bond acceptors (Lipinski definition) is 3. The Morgan fingerprint density at radius 1 is 1.00 bits per heavy atom. The predicted molar refractivity (Wildman–Crippen MR) is 88.3 cm³/mol. The monoisotopic (exact) mass is 300 g/mol. The lowest BCUT2D eigenvalue weighted by atomic mass is 10.1. The van der Waals surface area contributed by atoms with Gasteiger partial charge in [-0.25, -0.2) is 0 Å². The van der Waals surface area contributed by atoms with Gasteiger partial charge in [-0.1, -0.05) is 72.4 Å². The summed E-state index contributed by atoms with van der Waals surface area (Å²) in [6.07, 6.45) is 0.219. The van der Waals surface area contributed by atoms with E-state index in [1.807, 2.05) is 48.5 Å². The summed E-state index contributed by atoms with van der Waals surface area (Å²) in [6, 6.07) is 20.0. The summed E-state index contributed by atoms with van der Waals surface area (Å²) in [4.78, 5) is 12.3. The third-order valence-electron chi connectivity index (χ3n) is 3.39. The highest BCUT2D eigenvalue weighted by Gasteiger charge is 2.18. The molecule has 0 spiro atoms. The van der Waals surface area contributed by atoms with Crippen molar-refractivity contribution in [2.24, 2.45) is 0 Å². The number of benzene rings is 2. The number of hydrogen-bond donors (Lipinski definition) is 0. The summed E-state index contributed by atoms with van der Waals surface area (Å²) >= 11 is 1.37. The van der Waals surface area contributed by atoms with Crippen LogP contribution in [0.5, 0.6) is 0 Å². The van der Waals surface area contributed by atoms with Crippen molar-refractivity contribution in [2.45, 2.75) is 24.7 Å². The number of thioether (sulfide) groups is 1. The summed E-state index contributed by atoms with van der Waals surface area (Å²) in [6.45, 7) is 2.06. The Morgan fingerprint density at radius 2 is 1.52 bits per heavy atom. The molecule has 0 aromatic heterocycles. The van der Waals surface area contributed by atoms with Gasteiger partial charge in [-0.15, -0.1) is 0 Å². The molecule has 0 aliphatic rings. The van der Waals surface area contributed by atoms with E-state index in [9.17, 15) is 4.79 Å². The van der Waals surface area contributed by atoms with Crippen LogP contribution >= 0.6 is 11.8 Å². The second-order valence-corrected chi connectivity index (χ2v) is 6.28. The zero-order valence-electron chi connectivity index (χ0n) is 12.4. The molecule has 0 saturated heterocycles. The molecule has 0 radical (unpaired) electrons. The first kappa shape index (κ1) is 15.8. The third kappa shape index (κ3) is 4.73. The van der Waals surface area contributed by atoms with Gasteiger partial charge in [0.2, 0.25) is 0 Å². The molecule has 0 aliphatic heterocycles. The second kappa shape index (κ2) is 8.01. The molecule has 2 unspecified atom stereocenters. The van der Waals surface area contributed by atoms with Gasteiger partial charge in [-0.3, -0.25) is 4.79 Å². The Hall–Kier alpha value is -1.58. The zero-order valence-corrected chi connectivity index (χ0v) is 13.2. The Bertz CT molecular complexity index is 554. The molecule has 2 aromatic rings. The van der Waals surface area contributed by atoms with Crippen molar-refractivity contribution in [3.05, 3.63) is 71.8 Å². The van der Waals surface area contributed by atoms with Crippen molar-refractivity contribution in [2.75, 3.05) is 7.11 Å². The molecule has 0 bridgehead atoms. The van der Waals surface area contributed by atoms with Crippen molar-refractivity contribution >= 4 is 16.9 Å². The SMILES string of the molecule is COC(CC(=O)SC(C)c1ccccc1)c1ccccc1. The normalized spacial score (nSPS) is 13.6. The minimum Gasteiger partial charge on any atom is -0.376 e. The Labute approximate surface area is 130 Å². The fraction of sp³-hybridized carbons (Fsp3) is 0.278. The van der Waals surface area contributed by atoms with E-state index in [0.29, 0.717) is 6.42 Å². The molecule has 0 saturated carbocycles. The molecule has 2 atom stereocenters. The smallest absolute Gasteiger partial charge is 0.192 e. The molecule has 2 aromatic carbocycles. The molecule has 0 aliphatic carbocycles. The lowest BCUT2D eigenvalue weighted by Crippen LogP contribution is -2.07. The van der Waals surface area contributed by atoms with Crippen molar-refractivity contribution in [1.29, 1.82) is 0 Å². The first-order valence-electron chi connectivity index (χ1n) is 7.03. The predicted octanol–water partition coefficient (Wildman–Crippen LogP) is 4.79. The fourth-order valence-electron chi connectivity index (χ4n) is 2.19. The van der Waals surface area contributed by atoms with E-state index in [4.69, 9.17) is 4.74 Å². The summed E-state index contributed by atoms with van der Waals surface area (Å²) in [5, 5.41) is 0.314. The van der Waals surface area contributed by atoms with E-state index in [1.165, 1.54) is 17.3 Å². The average molecular weight is 300 g/mol. The summed E-state index contributed by atoms with van der Waals surface area (Å²) in [5.74, 6) is 0. The Kier molecular flexibility index (Phi) is 6.03. The highest BCUT2D eigenvalue weighted by molar-refractivity contribution is 8.13. The van der Waals surface area contributed by atoms with Crippen LogP contribution in [0.3, 0.4) is 0 Å². The highest BCUT2D eigenvalue weighted by atomic mass is 32.2. The standard InChI is InChI=1S/C18H20O2S/c1-14(15-9-5-3-6-10-15)21-18(19)13-17(20-2)16-11-7-4-8-12-16/h3-12,14,17H,13H2,1-2H3. The second-order valence-electron chi connectivity index (χ2n) is 4.88. The molecule has 2 rings (SSSR count). The van der Waals surface area contributed by atoms with Crippen LogP contribution in [0.15, 0.2) is 60.7 Å². The van der Waals surface area contributed by atoms with E-state index in [-0.39, 0.29) is 16.5 Å². The quantitative estimate of drug-likeness (QED) is 0.767. The Morgan fingerprint density at radius 3 is 2.05 bits per heavy atom. The number of methoxy groups -OCH3 is 1. The van der Waals surface area contributed by atoms with Gasteiger partial charge in [0.05, 0.1) is 6.10 Å². The number of carbonyl (C=O) groups excluding carboxylic acids is 1. The van der Waals surface area contributed by atoms with Crippen LogP contribution < -0.4 is 0 Å². The topological polar surface area (TPSA) is 26.3 Å².